The first-order valence-corrected chi connectivity index (χ1v) is 10.5. The Hall–Kier alpha value is -0.110. The smallest absolute Gasteiger partial charge is 0.0232 e. The van der Waals surface area contributed by atoms with E-state index in [2.05, 4.69) is 53.5 Å². The Labute approximate surface area is 153 Å². The molecule has 22 heavy (non-hydrogen) atoms. The lowest BCUT2D eigenvalue weighted by molar-refractivity contribution is 0.737. The maximum atomic E-state index is 5.50. The second-order valence-corrected chi connectivity index (χ2v) is 6.38. The van der Waals surface area contributed by atoms with Crippen LogP contribution in [0.2, 0.25) is 0 Å². The van der Waals surface area contributed by atoms with Gasteiger partial charge in [0.15, 0.2) is 0 Å². The molecule has 0 aromatic heterocycles. The van der Waals surface area contributed by atoms with E-state index in [4.69, 9.17) is 11.6 Å². The van der Waals surface area contributed by atoms with Crippen LogP contribution in [0, 0.1) is 23.7 Å². The third kappa shape index (κ3) is 28.1. The Bertz CT molecular complexity index is 271. The zero-order chi connectivity index (χ0) is 16.7. The summed E-state index contributed by atoms with van der Waals surface area (Å²) in [5.41, 5.74) is 0. The molecule has 0 heterocycles. The van der Waals surface area contributed by atoms with Gasteiger partial charge < -0.3 is 0 Å². The average molecular weight is 390 g/mol. The molecule has 0 unspecified atom stereocenters. The number of alkyl halides is 2. The van der Waals surface area contributed by atoms with E-state index in [-0.39, 0.29) is 0 Å². The van der Waals surface area contributed by atoms with E-state index < -0.39 is 0 Å². The predicted molar refractivity (Wildman–Crippen MR) is 107 cm³/mol. The molecule has 0 saturated carbocycles. The van der Waals surface area contributed by atoms with E-state index >= 15 is 0 Å². The van der Waals surface area contributed by atoms with Gasteiger partial charge in [-0.3, -0.25) is 0 Å². The zero-order valence-electron chi connectivity index (χ0n) is 14.7. The van der Waals surface area contributed by atoms with E-state index in [0.717, 1.165) is 43.3 Å². The molecule has 0 N–H and O–H groups in total. The summed E-state index contributed by atoms with van der Waals surface area (Å²) in [5, 5.41) is 1.08. The first-order valence-electron chi connectivity index (χ1n) is 8.86. The maximum Gasteiger partial charge on any atom is 0.0232 e. The Kier molecular flexibility index (Phi) is 28.3. The fourth-order valence-electron chi connectivity index (χ4n) is 1.59. The molecule has 0 rings (SSSR count). The molecule has 0 bridgehead atoms. The molecule has 0 aliphatic heterocycles. The average Bonchev–Trinajstić information content (AvgIpc) is 2.54. The van der Waals surface area contributed by atoms with Crippen molar-refractivity contribution in [1.29, 1.82) is 0 Å². The molecule has 0 aromatic rings. The highest BCUT2D eigenvalue weighted by molar-refractivity contribution is 9.09. The largest absolute Gasteiger partial charge is 0.127 e. The van der Waals surface area contributed by atoms with E-state index in [0.29, 0.717) is 0 Å². The standard InChI is InChI=1S/C10H17Br.C10H17Cl/c2*1-2-3-4-5-6-7-8-9-10-11/h2*2-5,8-10H2,1H3. The van der Waals surface area contributed by atoms with Gasteiger partial charge in [-0.05, 0) is 25.7 Å². The normalized spacial score (nSPS) is 8.91. The van der Waals surface area contributed by atoms with Crippen molar-refractivity contribution in [3.63, 3.8) is 0 Å². The summed E-state index contributed by atoms with van der Waals surface area (Å²) in [5.74, 6) is 13.3. The molecule has 0 atom stereocenters. The molecule has 0 aliphatic carbocycles. The highest BCUT2D eigenvalue weighted by Crippen LogP contribution is 1.98. The van der Waals surface area contributed by atoms with Gasteiger partial charge in [-0.25, -0.2) is 0 Å². The van der Waals surface area contributed by atoms with Gasteiger partial charge in [-0.1, -0.05) is 55.5 Å². The highest BCUT2D eigenvalue weighted by Gasteiger charge is 1.82. The molecule has 0 spiro atoms. The SMILES string of the molecule is CCCCCC#CCCCBr.CCCCCC#CCCCCl. The third-order valence-electron chi connectivity index (χ3n) is 2.93. The van der Waals surface area contributed by atoms with Crippen molar-refractivity contribution in [2.45, 2.75) is 90.9 Å². The van der Waals surface area contributed by atoms with E-state index in [1.54, 1.807) is 0 Å². The van der Waals surface area contributed by atoms with Crippen LogP contribution in [0.25, 0.3) is 0 Å². The lowest BCUT2D eigenvalue weighted by atomic mass is 10.2. The van der Waals surface area contributed by atoms with Crippen LogP contribution >= 0.6 is 27.5 Å². The molecule has 0 aromatic carbocycles. The maximum absolute atomic E-state index is 5.50. The molecule has 0 amide bonds. The van der Waals surface area contributed by atoms with Crippen LogP contribution in [0.1, 0.15) is 90.9 Å². The van der Waals surface area contributed by atoms with Crippen LogP contribution in [0.3, 0.4) is 0 Å². The Balaban J connectivity index is 0. The molecular formula is C20H34BrCl. The second kappa shape index (κ2) is 25.8. The molecule has 0 aliphatic rings. The van der Waals surface area contributed by atoms with Crippen molar-refractivity contribution in [3.05, 3.63) is 0 Å². The molecule has 0 saturated heterocycles. The van der Waals surface area contributed by atoms with Crippen LogP contribution in [-0.2, 0) is 0 Å². The number of hydrogen-bond donors (Lipinski definition) is 0. The highest BCUT2D eigenvalue weighted by atomic mass is 79.9. The van der Waals surface area contributed by atoms with Crippen molar-refractivity contribution >= 4 is 27.5 Å². The number of rotatable bonds is 10. The molecular weight excluding hydrogens is 356 g/mol. The van der Waals surface area contributed by atoms with Crippen LogP contribution < -0.4 is 0 Å². The molecule has 2 heteroatoms. The molecule has 0 nitrogen and oxygen atoms in total. The van der Waals surface area contributed by atoms with Gasteiger partial charge >= 0.3 is 0 Å². The van der Waals surface area contributed by atoms with Gasteiger partial charge in [0.2, 0.25) is 0 Å². The van der Waals surface area contributed by atoms with Crippen LogP contribution in [-0.4, -0.2) is 11.2 Å². The summed E-state index contributed by atoms with van der Waals surface area (Å²) in [6, 6.07) is 0. The number of halogens is 2. The summed E-state index contributed by atoms with van der Waals surface area (Å²) in [6.07, 6.45) is 14.1. The van der Waals surface area contributed by atoms with Crippen molar-refractivity contribution in [1.82, 2.24) is 0 Å². The summed E-state index contributed by atoms with van der Waals surface area (Å²) in [4.78, 5) is 0. The summed E-state index contributed by atoms with van der Waals surface area (Å²) in [7, 11) is 0. The predicted octanol–water partition coefficient (Wildman–Crippen LogP) is 7.33. The van der Waals surface area contributed by atoms with Crippen LogP contribution in [0.15, 0.2) is 0 Å². The fourth-order valence-corrected chi connectivity index (χ4v) is 2.00. The molecule has 0 fully saturated rings. The van der Waals surface area contributed by atoms with Gasteiger partial charge in [0, 0.05) is 36.9 Å². The minimum atomic E-state index is 0.740. The Morgan fingerprint density at radius 3 is 1.41 bits per heavy atom. The van der Waals surface area contributed by atoms with Crippen molar-refractivity contribution in [2.24, 2.45) is 0 Å². The van der Waals surface area contributed by atoms with E-state index in [1.165, 1.54) is 44.9 Å². The van der Waals surface area contributed by atoms with Crippen LogP contribution in [0.5, 0.6) is 0 Å². The van der Waals surface area contributed by atoms with Crippen LogP contribution in [0.4, 0.5) is 0 Å². The summed E-state index contributed by atoms with van der Waals surface area (Å²) in [6.45, 7) is 4.43. The van der Waals surface area contributed by atoms with E-state index in [1.807, 2.05) is 0 Å². The van der Waals surface area contributed by atoms with Gasteiger partial charge in [0.05, 0.1) is 0 Å². The second-order valence-electron chi connectivity index (χ2n) is 5.21. The van der Waals surface area contributed by atoms with Crippen molar-refractivity contribution in [2.75, 3.05) is 11.2 Å². The van der Waals surface area contributed by atoms with Crippen molar-refractivity contribution < 1.29 is 0 Å². The van der Waals surface area contributed by atoms with E-state index in [9.17, 15) is 0 Å². The fraction of sp³-hybridized carbons (Fsp3) is 0.800. The first-order chi connectivity index (χ1) is 10.8. The minimum Gasteiger partial charge on any atom is -0.127 e. The zero-order valence-corrected chi connectivity index (χ0v) is 17.0. The summed E-state index contributed by atoms with van der Waals surface area (Å²) >= 11 is 8.87. The van der Waals surface area contributed by atoms with Crippen molar-refractivity contribution in [3.8, 4) is 23.7 Å². The number of unbranched alkanes of at least 4 members (excludes halogenated alkanes) is 8. The Morgan fingerprint density at radius 2 is 1.05 bits per heavy atom. The van der Waals surface area contributed by atoms with Gasteiger partial charge in [0.25, 0.3) is 0 Å². The quantitative estimate of drug-likeness (QED) is 0.208. The monoisotopic (exact) mass is 388 g/mol. The lowest BCUT2D eigenvalue weighted by Crippen LogP contribution is -1.73. The Morgan fingerprint density at radius 1 is 0.636 bits per heavy atom. The van der Waals surface area contributed by atoms with Gasteiger partial charge in [0.1, 0.15) is 0 Å². The van der Waals surface area contributed by atoms with Gasteiger partial charge in [-0.15, -0.1) is 35.3 Å². The minimum absolute atomic E-state index is 0.740. The number of hydrogen-bond acceptors (Lipinski definition) is 0. The van der Waals surface area contributed by atoms with Gasteiger partial charge in [-0.2, -0.15) is 0 Å². The first kappa shape index (κ1) is 24.1. The molecule has 0 radical (unpaired) electrons. The third-order valence-corrected chi connectivity index (χ3v) is 3.76. The summed E-state index contributed by atoms with van der Waals surface area (Å²) < 4.78 is 0. The molecule has 128 valence electrons. The topological polar surface area (TPSA) is 0 Å². The lowest BCUT2D eigenvalue weighted by Gasteiger charge is -1.88.